The van der Waals surface area contributed by atoms with Crippen LogP contribution in [0.25, 0.3) is 0 Å². The van der Waals surface area contributed by atoms with Gasteiger partial charge in [0.25, 0.3) is 10.5 Å². The van der Waals surface area contributed by atoms with Gasteiger partial charge < -0.3 is 16.4 Å². The molecule has 8 heteroatoms. The Balaban J connectivity index is 0. The van der Waals surface area contributed by atoms with E-state index in [1.807, 2.05) is 11.0 Å². The summed E-state index contributed by atoms with van der Waals surface area (Å²) < 4.78 is 0. The average Bonchev–Trinajstić information content (AvgIpc) is 2.94. The zero-order valence-electron chi connectivity index (χ0n) is 26.2. The monoisotopic (exact) mass is 611 g/mol. The number of nitrogens with zero attached hydrogens (tertiary/aromatic N) is 1. The summed E-state index contributed by atoms with van der Waals surface area (Å²) in [4.78, 5) is 33.2. The number of carbonyl (C=O) groups excluding carboxylic acids is 3. The molecule has 0 atom stereocenters. The lowest BCUT2D eigenvalue weighted by molar-refractivity contribution is 0.1000. The maximum Gasteiger partial charge on any atom is 0.278 e. The third-order valence-corrected chi connectivity index (χ3v) is 7.17. The molecule has 0 saturated heterocycles. The smallest absolute Gasteiger partial charge is 0.278 e. The van der Waals surface area contributed by atoms with Crippen LogP contribution in [-0.4, -0.2) is 34.4 Å². The molecule has 4 N–H and O–H groups in total. The van der Waals surface area contributed by atoms with Crippen LogP contribution in [0.5, 0.6) is 0 Å². The Labute approximate surface area is 263 Å². The van der Waals surface area contributed by atoms with Crippen molar-refractivity contribution in [1.29, 1.82) is 0 Å². The Bertz CT molecular complexity index is 708. The number of thiol groups is 2. The molecule has 0 aliphatic rings. The minimum Gasteiger partial charge on any atom is -0.366 e. The molecule has 0 spiro atoms. The van der Waals surface area contributed by atoms with Crippen LogP contribution < -0.4 is 11.5 Å². The van der Waals surface area contributed by atoms with Crippen molar-refractivity contribution in [3.05, 3.63) is 35.9 Å². The van der Waals surface area contributed by atoms with E-state index in [4.69, 9.17) is 10.5 Å². The highest BCUT2D eigenvalue weighted by atomic mass is 32.1. The zero-order chi connectivity index (χ0) is 31.0. The van der Waals surface area contributed by atoms with E-state index in [-0.39, 0.29) is 11.1 Å². The lowest BCUT2D eigenvalue weighted by Crippen LogP contribution is -2.28. The summed E-state index contributed by atoms with van der Waals surface area (Å²) in [6.07, 6.45) is 26.8. The van der Waals surface area contributed by atoms with E-state index in [2.05, 4.69) is 44.8 Å². The van der Waals surface area contributed by atoms with Crippen LogP contribution in [0, 0.1) is 0 Å². The number of primary amides is 2. The molecule has 0 aliphatic heterocycles. The van der Waals surface area contributed by atoms with Crippen LogP contribution in [0.2, 0.25) is 0 Å². The van der Waals surface area contributed by atoms with Gasteiger partial charge in [-0.2, -0.15) is 0 Å². The molecule has 1 aromatic rings. The predicted octanol–water partition coefficient (Wildman–Crippen LogP) is 9.96. The maximum absolute atomic E-state index is 11.7. The highest BCUT2D eigenvalue weighted by molar-refractivity contribution is 7.96. The average molecular weight is 612 g/mol. The molecule has 0 aliphatic carbocycles. The number of benzene rings is 1. The summed E-state index contributed by atoms with van der Waals surface area (Å²) in [6.45, 7) is 6.34. The van der Waals surface area contributed by atoms with Gasteiger partial charge in [0.05, 0.1) is 0 Å². The molecule has 0 saturated carbocycles. The second kappa shape index (κ2) is 32.8. The highest BCUT2D eigenvalue weighted by Crippen LogP contribution is 2.13. The van der Waals surface area contributed by atoms with E-state index in [0.29, 0.717) is 5.56 Å². The quantitative estimate of drug-likeness (QED) is 0.0730. The van der Waals surface area contributed by atoms with Crippen LogP contribution in [0.4, 0.5) is 9.59 Å². The third-order valence-electron chi connectivity index (χ3n) is 6.89. The molecule has 0 heterocycles. The summed E-state index contributed by atoms with van der Waals surface area (Å²) in [5, 5.41) is -0.674. The van der Waals surface area contributed by atoms with Crippen LogP contribution in [0.15, 0.2) is 30.3 Å². The molecule has 1 aromatic carbocycles. The molecule has 6 nitrogen and oxygen atoms in total. The number of unbranched alkanes of at least 4 members (excludes halogenated alkanes) is 18. The first-order valence-corrected chi connectivity index (χ1v) is 17.0. The SMILES string of the molecule is CCCCCCCCCCCCN(CCCCCCCCCCCC)C(=O)S.NC(=O)S.NC(=O)c1ccccc1. The van der Waals surface area contributed by atoms with E-state index in [1.54, 1.807) is 24.3 Å². The molecule has 0 radical (unpaired) electrons. The summed E-state index contributed by atoms with van der Waals surface area (Å²) in [5.74, 6) is -0.379. The van der Waals surface area contributed by atoms with Crippen molar-refractivity contribution in [2.24, 2.45) is 11.5 Å². The summed E-state index contributed by atoms with van der Waals surface area (Å²) >= 11 is 7.18. The summed E-state index contributed by atoms with van der Waals surface area (Å²) in [5.41, 5.74) is 9.86. The highest BCUT2D eigenvalue weighted by Gasteiger charge is 2.08. The van der Waals surface area contributed by atoms with Crippen molar-refractivity contribution < 1.29 is 14.4 Å². The minimum atomic E-state index is -0.639. The second-order valence-electron chi connectivity index (χ2n) is 10.7. The van der Waals surface area contributed by atoms with Crippen molar-refractivity contribution in [3.8, 4) is 0 Å². The molecule has 238 valence electrons. The molecular weight excluding hydrogens is 551 g/mol. The van der Waals surface area contributed by atoms with E-state index in [0.717, 1.165) is 25.9 Å². The van der Waals surface area contributed by atoms with Gasteiger partial charge in [-0.15, -0.1) is 0 Å². The number of rotatable bonds is 23. The van der Waals surface area contributed by atoms with Crippen molar-refractivity contribution in [1.82, 2.24) is 4.90 Å². The molecule has 0 bridgehead atoms. The van der Waals surface area contributed by atoms with Gasteiger partial charge in [0.15, 0.2) is 0 Å². The van der Waals surface area contributed by atoms with Crippen LogP contribution in [0.1, 0.15) is 153 Å². The van der Waals surface area contributed by atoms with Crippen LogP contribution in [0.3, 0.4) is 0 Å². The Kier molecular flexibility index (Phi) is 33.2. The van der Waals surface area contributed by atoms with E-state index >= 15 is 0 Å². The first kappa shape index (κ1) is 41.5. The number of hydrogen-bond donors (Lipinski definition) is 4. The first-order chi connectivity index (χ1) is 19.8. The molecule has 0 fully saturated rings. The van der Waals surface area contributed by atoms with Gasteiger partial charge in [0.2, 0.25) is 5.91 Å². The van der Waals surface area contributed by atoms with Crippen molar-refractivity contribution >= 4 is 41.6 Å². The van der Waals surface area contributed by atoms with E-state index < -0.39 is 5.24 Å². The maximum atomic E-state index is 11.7. The van der Waals surface area contributed by atoms with Crippen molar-refractivity contribution in [2.75, 3.05) is 13.1 Å². The summed E-state index contributed by atoms with van der Waals surface area (Å²) in [6, 6.07) is 8.76. The normalized spacial score (nSPS) is 10.1. The zero-order valence-corrected chi connectivity index (χ0v) is 28.0. The Morgan fingerprint density at radius 1 is 0.561 bits per heavy atom. The third kappa shape index (κ3) is 34.4. The van der Waals surface area contributed by atoms with Crippen LogP contribution in [-0.2, 0) is 0 Å². The van der Waals surface area contributed by atoms with Gasteiger partial charge in [0.1, 0.15) is 0 Å². The fourth-order valence-corrected chi connectivity index (χ4v) is 4.69. The van der Waals surface area contributed by atoms with E-state index in [9.17, 15) is 9.59 Å². The Morgan fingerprint density at radius 2 is 0.854 bits per heavy atom. The van der Waals surface area contributed by atoms with Crippen molar-refractivity contribution in [2.45, 2.75) is 142 Å². The number of nitrogens with two attached hydrogens (primary N) is 2. The van der Waals surface area contributed by atoms with Gasteiger partial charge in [-0.1, -0.05) is 173 Å². The fraction of sp³-hybridized carbons (Fsp3) is 0.727. The predicted molar refractivity (Wildman–Crippen MR) is 183 cm³/mol. The molecule has 1 rings (SSSR count). The second-order valence-corrected chi connectivity index (χ2v) is 11.5. The van der Waals surface area contributed by atoms with E-state index in [1.165, 1.54) is 116 Å². The number of hydrogen-bond acceptors (Lipinski definition) is 3. The lowest BCUT2D eigenvalue weighted by Gasteiger charge is -2.20. The lowest BCUT2D eigenvalue weighted by atomic mass is 10.1. The molecule has 3 amide bonds. The van der Waals surface area contributed by atoms with Gasteiger partial charge in [-0.05, 0) is 25.0 Å². The summed E-state index contributed by atoms with van der Waals surface area (Å²) in [7, 11) is 0. The van der Waals surface area contributed by atoms with Gasteiger partial charge in [-0.25, -0.2) is 0 Å². The Hall–Kier alpha value is -1.67. The first-order valence-electron chi connectivity index (χ1n) is 16.1. The largest absolute Gasteiger partial charge is 0.366 e. The molecule has 0 unspecified atom stereocenters. The molecule has 0 aromatic heterocycles. The topological polar surface area (TPSA) is 106 Å². The standard InChI is InChI=1S/C25H51NOS.C7H7NO.CH3NOS/c1-3-5-7-9-11-13-15-17-19-21-23-26(25(27)28)24-22-20-18-16-14-12-10-8-6-4-2;8-7(9)6-4-2-1-3-5-6;2-1(3)4/h3-24H2,1-2H3,(H,27,28);1-5H,(H2,8,9);(H3,2,3,4). The molecule has 41 heavy (non-hydrogen) atoms. The number of amides is 3. The minimum absolute atomic E-state index is 0.0353. The van der Waals surface area contributed by atoms with Crippen molar-refractivity contribution in [3.63, 3.8) is 0 Å². The fourth-order valence-electron chi connectivity index (χ4n) is 4.49. The van der Waals surface area contributed by atoms with Crippen LogP contribution >= 0.6 is 25.3 Å². The van der Waals surface area contributed by atoms with Gasteiger partial charge in [-0.3, -0.25) is 14.4 Å². The Morgan fingerprint density at radius 3 is 1.10 bits per heavy atom. The van der Waals surface area contributed by atoms with Gasteiger partial charge >= 0.3 is 0 Å². The molecular formula is C33H61N3O3S2. The number of carbonyl (C=O) groups is 3. The van der Waals surface area contributed by atoms with Gasteiger partial charge in [0, 0.05) is 18.7 Å².